The number of fused-ring (bicyclic) bond motifs is 3. The summed E-state index contributed by atoms with van der Waals surface area (Å²) >= 11 is 0. The van der Waals surface area contributed by atoms with Crippen molar-refractivity contribution in [3.63, 3.8) is 0 Å². The first-order valence-corrected chi connectivity index (χ1v) is 8.30. The van der Waals surface area contributed by atoms with E-state index in [1.165, 1.54) is 0 Å². The first-order chi connectivity index (χ1) is 13.2. The molecule has 2 heterocycles. The third kappa shape index (κ3) is 2.66. The lowest BCUT2D eigenvalue weighted by molar-refractivity contribution is 0.324. The molecular formula is C21H17N2O4. The highest BCUT2D eigenvalue weighted by Crippen LogP contribution is 2.42. The Labute approximate surface area is 155 Å². The fraction of sp³-hybridized carbons (Fsp3) is 0.143. The van der Waals surface area contributed by atoms with Gasteiger partial charge in [-0.1, -0.05) is 18.2 Å². The quantitative estimate of drug-likeness (QED) is 0.584. The van der Waals surface area contributed by atoms with Gasteiger partial charge in [0.25, 0.3) is 6.29 Å². The van der Waals surface area contributed by atoms with Crippen LogP contribution in [0, 0.1) is 0 Å². The summed E-state index contributed by atoms with van der Waals surface area (Å²) in [6, 6.07) is 13.3. The minimum absolute atomic E-state index is 0.232. The Morgan fingerprint density at radius 3 is 2.26 bits per heavy atom. The molecule has 0 atom stereocenters. The molecular weight excluding hydrogens is 344 g/mol. The molecule has 2 aromatic heterocycles. The maximum Gasteiger partial charge on any atom is 0.253 e. The number of para-hydroxylation sites is 1. The molecule has 0 fully saturated rings. The molecule has 1 radical (unpaired) electrons. The first-order valence-electron chi connectivity index (χ1n) is 8.30. The molecule has 135 valence electrons. The summed E-state index contributed by atoms with van der Waals surface area (Å²) in [5.41, 5.74) is 3.37. The number of H-pyrrole nitrogens is 1. The van der Waals surface area contributed by atoms with E-state index in [1.54, 1.807) is 27.4 Å². The molecule has 4 rings (SSSR count). The molecule has 0 unspecified atom stereocenters. The van der Waals surface area contributed by atoms with E-state index in [2.05, 4.69) is 9.97 Å². The number of nitrogens with zero attached hydrogens (tertiary/aromatic N) is 1. The molecule has 1 N–H and O–H groups in total. The minimum atomic E-state index is 0.232. The Bertz CT molecular complexity index is 1140. The van der Waals surface area contributed by atoms with Crippen molar-refractivity contribution < 1.29 is 19.0 Å². The van der Waals surface area contributed by atoms with Crippen LogP contribution in [-0.2, 0) is 4.79 Å². The predicted molar refractivity (Wildman–Crippen MR) is 103 cm³/mol. The number of hydrogen-bond donors (Lipinski definition) is 1. The molecule has 0 aliphatic heterocycles. The summed E-state index contributed by atoms with van der Waals surface area (Å²) in [6.07, 6.45) is 1.90. The van der Waals surface area contributed by atoms with Crippen molar-refractivity contribution in [1.29, 1.82) is 0 Å². The van der Waals surface area contributed by atoms with Crippen molar-refractivity contribution in [3.05, 3.63) is 48.2 Å². The molecule has 4 aromatic rings. The second kappa shape index (κ2) is 6.64. The molecule has 0 saturated carbocycles. The second-order valence-corrected chi connectivity index (χ2v) is 5.97. The number of ether oxygens (including phenoxy) is 3. The van der Waals surface area contributed by atoms with Gasteiger partial charge in [-0.15, -0.1) is 0 Å². The van der Waals surface area contributed by atoms with Crippen LogP contribution in [0.15, 0.2) is 42.5 Å². The van der Waals surface area contributed by atoms with Gasteiger partial charge in [-0.3, -0.25) is 4.79 Å². The number of pyridine rings is 1. The zero-order chi connectivity index (χ0) is 19.0. The molecule has 2 aromatic carbocycles. The average Bonchev–Trinajstić information content (AvgIpc) is 3.10. The fourth-order valence-electron chi connectivity index (χ4n) is 3.32. The lowest BCUT2D eigenvalue weighted by Crippen LogP contribution is -1.98. The van der Waals surface area contributed by atoms with E-state index in [9.17, 15) is 4.79 Å². The summed E-state index contributed by atoms with van der Waals surface area (Å²) in [5, 5.41) is 1.92. The third-order valence-electron chi connectivity index (χ3n) is 4.54. The molecule has 6 heteroatoms. The van der Waals surface area contributed by atoms with Crippen LogP contribution >= 0.6 is 0 Å². The Hall–Kier alpha value is -3.54. The maximum absolute atomic E-state index is 11.4. The summed E-state index contributed by atoms with van der Waals surface area (Å²) < 4.78 is 16.3. The summed E-state index contributed by atoms with van der Waals surface area (Å²) in [6.45, 7) is 0. The van der Waals surface area contributed by atoms with Gasteiger partial charge in [0.05, 0.1) is 32.5 Å². The van der Waals surface area contributed by atoms with Crippen LogP contribution < -0.4 is 14.2 Å². The van der Waals surface area contributed by atoms with Gasteiger partial charge in [0.2, 0.25) is 5.75 Å². The molecule has 0 bridgehead atoms. The van der Waals surface area contributed by atoms with E-state index in [0.29, 0.717) is 22.9 Å². The largest absolute Gasteiger partial charge is 0.493 e. The second-order valence-electron chi connectivity index (χ2n) is 5.97. The van der Waals surface area contributed by atoms with Gasteiger partial charge in [-0.2, -0.15) is 0 Å². The van der Waals surface area contributed by atoms with E-state index in [0.717, 1.165) is 27.4 Å². The number of carbonyl (C=O) groups excluding carboxylic acids is 1. The van der Waals surface area contributed by atoms with Crippen molar-refractivity contribution in [2.24, 2.45) is 0 Å². The number of methoxy groups -OCH3 is 3. The van der Waals surface area contributed by atoms with Crippen LogP contribution in [0.25, 0.3) is 33.1 Å². The number of hydrogen-bond acceptors (Lipinski definition) is 5. The van der Waals surface area contributed by atoms with E-state index in [4.69, 9.17) is 14.2 Å². The summed E-state index contributed by atoms with van der Waals surface area (Å²) in [4.78, 5) is 19.3. The Morgan fingerprint density at radius 2 is 1.63 bits per heavy atom. The van der Waals surface area contributed by atoms with Crippen molar-refractivity contribution in [2.45, 2.75) is 0 Å². The van der Waals surface area contributed by atoms with E-state index in [-0.39, 0.29) is 5.69 Å². The molecule has 6 nitrogen and oxygen atoms in total. The van der Waals surface area contributed by atoms with E-state index < -0.39 is 0 Å². The van der Waals surface area contributed by atoms with Crippen LogP contribution in [0.2, 0.25) is 0 Å². The molecule has 0 aliphatic carbocycles. The van der Waals surface area contributed by atoms with E-state index in [1.807, 2.05) is 42.7 Å². The van der Waals surface area contributed by atoms with Gasteiger partial charge in [0.15, 0.2) is 11.5 Å². The minimum Gasteiger partial charge on any atom is -0.493 e. The average molecular weight is 361 g/mol. The van der Waals surface area contributed by atoms with Gasteiger partial charge < -0.3 is 19.2 Å². The van der Waals surface area contributed by atoms with Gasteiger partial charge in [0, 0.05) is 21.9 Å². The van der Waals surface area contributed by atoms with Crippen molar-refractivity contribution in [2.75, 3.05) is 21.3 Å². The smallest absolute Gasteiger partial charge is 0.253 e. The Morgan fingerprint density at radius 1 is 0.926 bits per heavy atom. The fourth-order valence-corrected chi connectivity index (χ4v) is 3.32. The number of aromatic nitrogens is 2. The van der Waals surface area contributed by atoms with Crippen LogP contribution in [0.3, 0.4) is 0 Å². The van der Waals surface area contributed by atoms with Crippen molar-refractivity contribution >= 4 is 28.1 Å². The predicted octanol–water partition coefficient (Wildman–Crippen LogP) is 3.87. The van der Waals surface area contributed by atoms with Crippen molar-refractivity contribution in [3.8, 4) is 28.5 Å². The van der Waals surface area contributed by atoms with Gasteiger partial charge in [0.1, 0.15) is 5.69 Å². The highest BCUT2D eigenvalue weighted by molar-refractivity contribution is 6.12. The van der Waals surface area contributed by atoms with Crippen LogP contribution in [0.1, 0.15) is 5.69 Å². The number of nitrogens with one attached hydrogen (secondary N) is 1. The Kier molecular flexibility index (Phi) is 4.16. The van der Waals surface area contributed by atoms with Crippen molar-refractivity contribution in [1.82, 2.24) is 9.97 Å². The molecule has 0 amide bonds. The SMILES string of the molecule is COc1cc(-c2nc([C]=O)cc3c2[nH]c2ccccc23)cc(OC)c1OC. The standard InChI is InChI=1S/C21H17N2O4/c1-25-17-8-12(9-18(26-2)21(17)27-3)19-20-15(10-13(11-24)22-19)14-6-4-5-7-16(14)23-20/h4-10,23H,1-3H3. The van der Waals surface area contributed by atoms with E-state index >= 15 is 0 Å². The molecule has 0 saturated heterocycles. The number of benzene rings is 2. The highest BCUT2D eigenvalue weighted by atomic mass is 16.5. The van der Waals surface area contributed by atoms with Gasteiger partial charge >= 0.3 is 0 Å². The number of rotatable bonds is 5. The maximum atomic E-state index is 11.4. The normalized spacial score (nSPS) is 10.9. The molecule has 0 spiro atoms. The number of aromatic amines is 1. The highest BCUT2D eigenvalue weighted by Gasteiger charge is 2.18. The Balaban J connectivity index is 2.08. The first kappa shape index (κ1) is 16.9. The lowest BCUT2D eigenvalue weighted by atomic mass is 10.1. The topological polar surface area (TPSA) is 73.4 Å². The van der Waals surface area contributed by atoms with Gasteiger partial charge in [-0.05, 0) is 24.3 Å². The molecule has 0 aliphatic rings. The van der Waals surface area contributed by atoms with Gasteiger partial charge in [-0.25, -0.2) is 4.98 Å². The third-order valence-corrected chi connectivity index (χ3v) is 4.54. The van der Waals surface area contributed by atoms with Crippen LogP contribution in [0.4, 0.5) is 0 Å². The molecule has 27 heavy (non-hydrogen) atoms. The summed E-state index contributed by atoms with van der Waals surface area (Å²) in [7, 11) is 4.67. The zero-order valence-corrected chi connectivity index (χ0v) is 15.1. The van der Waals surface area contributed by atoms with Crippen LogP contribution in [-0.4, -0.2) is 37.6 Å². The van der Waals surface area contributed by atoms with Crippen LogP contribution in [0.5, 0.6) is 17.2 Å². The summed E-state index contributed by atoms with van der Waals surface area (Å²) in [5.74, 6) is 1.52. The lowest BCUT2D eigenvalue weighted by Gasteiger charge is -2.14. The monoisotopic (exact) mass is 361 g/mol. The zero-order valence-electron chi connectivity index (χ0n) is 15.1.